The molecule has 0 fully saturated rings. The first-order valence-electron chi connectivity index (χ1n) is 16.8. The molecule has 12 nitrogen and oxygen atoms in total. The number of ketones is 2. The third-order valence-electron chi connectivity index (χ3n) is 9.73. The van der Waals surface area contributed by atoms with Gasteiger partial charge in [-0.05, 0) is 74.2 Å². The first-order chi connectivity index (χ1) is 26.3. The molecule has 6 aromatic rings. The van der Waals surface area contributed by atoms with Crippen LogP contribution in [0.15, 0.2) is 46.2 Å². The maximum atomic E-state index is 13.8. The van der Waals surface area contributed by atoms with Gasteiger partial charge in [0, 0.05) is 56.6 Å². The van der Waals surface area contributed by atoms with E-state index in [1.807, 2.05) is 0 Å². The second-order valence-corrected chi connectivity index (χ2v) is 20.2. The summed E-state index contributed by atoms with van der Waals surface area (Å²) >= 11 is 27.8. The molecular formula is C36H26Cl4N4O8S4. The summed E-state index contributed by atoms with van der Waals surface area (Å²) < 4.78 is 72.6. The van der Waals surface area contributed by atoms with Gasteiger partial charge in [0.2, 0.25) is 0 Å². The average Bonchev–Trinajstić information content (AvgIpc) is 3.91. The number of hydrogen-bond donors (Lipinski definition) is 2. The molecule has 0 saturated carbocycles. The number of halogens is 4. The number of benzene rings is 2. The number of fused-ring (bicyclic) bond motifs is 6. The molecule has 2 aliphatic rings. The van der Waals surface area contributed by atoms with Crippen LogP contribution in [0.1, 0.15) is 78.7 Å². The molecule has 0 atom stereocenters. The number of rotatable bonds is 11. The third kappa shape index (κ3) is 6.57. The van der Waals surface area contributed by atoms with E-state index in [2.05, 4.69) is 10.2 Å². The van der Waals surface area contributed by atoms with Gasteiger partial charge in [-0.1, -0.05) is 46.4 Å². The van der Waals surface area contributed by atoms with Gasteiger partial charge in [0.25, 0.3) is 20.2 Å². The lowest BCUT2D eigenvalue weighted by Crippen LogP contribution is -2.08. The van der Waals surface area contributed by atoms with Gasteiger partial charge in [0.15, 0.2) is 11.6 Å². The molecule has 0 radical (unpaired) electrons. The molecular weight excluding hydrogens is 886 g/mol. The molecule has 2 N–H and O–H groups in total. The number of aryl methyl sites for hydroxylation is 2. The lowest BCUT2D eigenvalue weighted by atomic mass is 10.0. The summed E-state index contributed by atoms with van der Waals surface area (Å²) in [6, 6.07) is 9.57. The van der Waals surface area contributed by atoms with Crippen LogP contribution in [-0.4, -0.2) is 57.1 Å². The molecule has 8 rings (SSSR count). The summed E-state index contributed by atoms with van der Waals surface area (Å²) in [6.45, 7) is 3.19. The highest BCUT2D eigenvalue weighted by atomic mass is 35.5. The van der Waals surface area contributed by atoms with E-state index in [9.17, 15) is 35.5 Å². The van der Waals surface area contributed by atoms with Crippen molar-refractivity contribution >= 4 is 101 Å². The van der Waals surface area contributed by atoms with Crippen LogP contribution < -0.4 is 0 Å². The monoisotopic (exact) mass is 910 g/mol. The van der Waals surface area contributed by atoms with E-state index in [1.54, 1.807) is 38.1 Å². The van der Waals surface area contributed by atoms with E-state index in [1.165, 1.54) is 44.2 Å². The SMILES string of the molecule is Cc1sc2c(c1S(=O)(=O)O)Cc1c(C(=O)CCCCC(=O)c3nn(-c4ccc(Cl)cc4Cl)c4c3Cc3c-4sc(C)c3S(=O)(=O)O)nn(-c3ccc(Cl)cc3Cl)c1-2. The fourth-order valence-electron chi connectivity index (χ4n) is 7.50. The first-order valence-corrected chi connectivity index (χ1v) is 22.8. The van der Waals surface area contributed by atoms with Crippen LogP contribution in [0.5, 0.6) is 0 Å². The molecule has 0 bridgehead atoms. The van der Waals surface area contributed by atoms with Crippen molar-refractivity contribution in [2.75, 3.05) is 0 Å². The quantitative estimate of drug-likeness (QED) is 0.0721. The molecule has 0 unspecified atom stereocenters. The number of thiophene rings is 2. The van der Waals surface area contributed by atoms with E-state index in [4.69, 9.17) is 46.4 Å². The average molecular weight is 913 g/mol. The van der Waals surface area contributed by atoms with Gasteiger partial charge < -0.3 is 0 Å². The maximum Gasteiger partial charge on any atom is 0.295 e. The number of aromatic nitrogens is 4. The van der Waals surface area contributed by atoms with Crippen molar-refractivity contribution < 1.29 is 35.5 Å². The van der Waals surface area contributed by atoms with Gasteiger partial charge in [-0.15, -0.1) is 22.7 Å². The van der Waals surface area contributed by atoms with Crippen LogP contribution in [0.2, 0.25) is 20.1 Å². The van der Waals surface area contributed by atoms with Gasteiger partial charge in [-0.2, -0.15) is 27.0 Å². The fraction of sp³-hybridized carbons (Fsp3) is 0.222. The maximum absolute atomic E-state index is 13.8. The Morgan fingerprint density at radius 3 is 1.38 bits per heavy atom. The molecule has 56 heavy (non-hydrogen) atoms. The Hall–Kier alpha value is -3.42. The highest BCUT2D eigenvalue weighted by Crippen LogP contribution is 2.50. The van der Waals surface area contributed by atoms with Crippen molar-refractivity contribution in [1.29, 1.82) is 0 Å². The van der Waals surface area contributed by atoms with Crippen molar-refractivity contribution in [3.05, 3.63) is 99.9 Å². The molecule has 20 heteroatoms. The van der Waals surface area contributed by atoms with Gasteiger partial charge >= 0.3 is 0 Å². The van der Waals surface area contributed by atoms with Crippen LogP contribution in [-0.2, 0) is 33.1 Å². The molecule has 4 heterocycles. The Labute approximate surface area is 348 Å². The summed E-state index contributed by atoms with van der Waals surface area (Å²) in [5.41, 5.74) is 3.82. The van der Waals surface area contributed by atoms with E-state index in [-0.39, 0.29) is 81.3 Å². The molecule has 0 amide bonds. The molecule has 290 valence electrons. The van der Waals surface area contributed by atoms with Crippen molar-refractivity contribution in [2.45, 2.75) is 62.2 Å². The van der Waals surface area contributed by atoms with E-state index < -0.39 is 20.2 Å². The Kier molecular flexibility index (Phi) is 9.96. The van der Waals surface area contributed by atoms with Gasteiger partial charge in [0.1, 0.15) is 21.2 Å². The van der Waals surface area contributed by atoms with E-state index in [0.29, 0.717) is 74.6 Å². The number of hydrogen-bond acceptors (Lipinski definition) is 10. The molecule has 0 spiro atoms. The molecule has 4 aromatic heterocycles. The second-order valence-electron chi connectivity index (χ2n) is 13.3. The number of Topliss-reactive ketones (excluding diaryl/α,β-unsaturated/α-hetero) is 2. The molecule has 0 saturated heterocycles. The predicted molar refractivity (Wildman–Crippen MR) is 216 cm³/mol. The van der Waals surface area contributed by atoms with Crippen molar-refractivity contribution in [1.82, 2.24) is 19.6 Å². The van der Waals surface area contributed by atoms with Crippen LogP contribution in [0.25, 0.3) is 32.5 Å². The Balaban J connectivity index is 1.06. The van der Waals surface area contributed by atoms with Crippen molar-refractivity contribution in [3.8, 4) is 32.5 Å². The Bertz CT molecular complexity index is 2750. The zero-order chi connectivity index (χ0) is 40.2. The molecule has 2 aliphatic carbocycles. The largest absolute Gasteiger partial charge is 0.295 e. The summed E-state index contributed by atoms with van der Waals surface area (Å²) in [6.07, 6.45) is 0.677. The van der Waals surface area contributed by atoms with Gasteiger partial charge in [-0.3, -0.25) is 18.7 Å². The summed E-state index contributed by atoms with van der Waals surface area (Å²) in [5.74, 6) is -0.671. The lowest BCUT2D eigenvalue weighted by Gasteiger charge is -2.08. The van der Waals surface area contributed by atoms with Crippen molar-refractivity contribution in [3.63, 3.8) is 0 Å². The lowest BCUT2D eigenvalue weighted by molar-refractivity contribution is 0.0948. The fourth-order valence-corrected chi connectivity index (χ4v) is 13.4. The van der Waals surface area contributed by atoms with Crippen LogP contribution in [0, 0.1) is 13.8 Å². The summed E-state index contributed by atoms with van der Waals surface area (Å²) in [5, 5.41) is 10.6. The number of carbonyl (C=O) groups excluding carboxylic acids is 2. The smallest absolute Gasteiger partial charge is 0.292 e. The predicted octanol–water partition coefficient (Wildman–Crippen LogP) is 9.67. The van der Waals surface area contributed by atoms with Crippen LogP contribution in [0.3, 0.4) is 0 Å². The van der Waals surface area contributed by atoms with Crippen molar-refractivity contribution in [2.24, 2.45) is 0 Å². The normalized spacial score (nSPS) is 13.2. The first kappa shape index (κ1) is 39.4. The van der Waals surface area contributed by atoms with Gasteiger partial charge in [0.05, 0.1) is 42.6 Å². The standard InChI is InChI=1S/C36H26Cl4N4O8S4/c1-15-35(55(47,48)49)21-13-19-29(41-43(31(19)33(21)53-15)25-9-7-17(37)11-23(25)39)27(45)5-3-4-6-28(46)30-20-14-22-34(54-16(2)36(22)56(50,51)52)32(20)44(42-30)26-10-8-18(38)12-24(26)40/h7-12H,3-6,13-14H2,1-2H3,(H,47,48,49)(H,50,51,52). The number of unbranched alkanes of at least 4 members (excludes halogenated alkanes) is 1. The Morgan fingerprint density at radius 1 is 0.661 bits per heavy atom. The van der Waals surface area contributed by atoms with Gasteiger partial charge in [-0.25, -0.2) is 9.36 Å². The topological polar surface area (TPSA) is 179 Å². The van der Waals surface area contributed by atoms with E-state index in [0.717, 1.165) is 0 Å². The van der Waals surface area contributed by atoms with Crippen LogP contribution in [0.4, 0.5) is 0 Å². The number of nitrogens with zero attached hydrogens (tertiary/aromatic N) is 4. The minimum atomic E-state index is -4.56. The minimum Gasteiger partial charge on any atom is -0.292 e. The number of carbonyl (C=O) groups is 2. The zero-order valence-electron chi connectivity index (χ0n) is 29.0. The zero-order valence-corrected chi connectivity index (χ0v) is 35.3. The molecule has 2 aromatic carbocycles. The van der Waals surface area contributed by atoms with Crippen LogP contribution >= 0.6 is 69.1 Å². The second kappa shape index (κ2) is 14.1. The highest BCUT2D eigenvalue weighted by molar-refractivity contribution is 7.86. The minimum absolute atomic E-state index is 0.00410. The molecule has 0 aliphatic heterocycles. The van der Waals surface area contributed by atoms with E-state index >= 15 is 0 Å². The third-order valence-corrected chi connectivity index (χ3v) is 15.5. The summed E-state index contributed by atoms with van der Waals surface area (Å²) in [4.78, 5) is 29.2. The Morgan fingerprint density at radius 2 is 1.04 bits per heavy atom. The summed E-state index contributed by atoms with van der Waals surface area (Å²) in [7, 11) is -9.13. The highest BCUT2D eigenvalue weighted by Gasteiger charge is 2.39.